The number of carbonyl (C=O) groups excluding carboxylic acids is 2. The summed E-state index contributed by atoms with van der Waals surface area (Å²) in [5, 5.41) is 11.7. The number of carbonyl (C=O) groups is 3. The molecule has 2 fully saturated rings. The number of halogens is 2. The number of nitrogens with zero attached hydrogens (tertiary/aromatic N) is 1. The molecule has 2 aliphatic rings. The number of alkyl halides is 2. The Hall–Kier alpha value is -1.93. The summed E-state index contributed by atoms with van der Waals surface area (Å²) in [4.78, 5) is 37.4. The second-order valence-corrected chi connectivity index (χ2v) is 8.55. The monoisotopic (exact) mass is 376 g/mol. The summed E-state index contributed by atoms with van der Waals surface area (Å²) < 4.78 is 30.8. The largest absolute Gasteiger partial charge is 0.480 e. The molecule has 0 aromatic heterocycles. The molecule has 1 heterocycles. The molecule has 1 saturated heterocycles. The first kappa shape index (κ1) is 20.4. The van der Waals surface area contributed by atoms with Gasteiger partial charge in [0.15, 0.2) is 0 Å². The number of alkyl carbamates (subject to hydrolysis) is 1. The van der Waals surface area contributed by atoms with Gasteiger partial charge in [-0.1, -0.05) is 13.8 Å². The van der Waals surface area contributed by atoms with Crippen LogP contribution in [0.4, 0.5) is 13.6 Å². The minimum Gasteiger partial charge on any atom is -0.480 e. The lowest BCUT2D eigenvalue weighted by molar-refractivity contribution is -0.151. The lowest BCUT2D eigenvalue weighted by atomic mass is 10.00. The van der Waals surface area contributed by atoms with Crippen LogP contribution >= 0.6 is 0 Å². The van der Waals surface area contributed by atoms with Crippen LogP contribution in [0.25, 0.3) is 0 Å². The molecule has 0 aromatic carbocycles. The fourth-order valence-electron chi connectivity index (χ4n) is 3.85. The van der Waals surface area contributed by atoms with Crippen molar-refractivity contribution < 1.29 is 33.0 Å². The van der Waals surface area contributed by atoms with Gasteiger partial charge >= 0.3 is 12.1 Å². The Bertz CT molecular complexity index is 602. The number of carboxylic acids is 1. The molecule has 0 bridgehead atoms. The van der Waals surface area contributed by atoms with Crippen molar-refractivity contribution >= 4 is 18.0 Å². The van der Waals surface area contributed by atoms with Gasteiger partial charge in [0.25, 0.3) is 0 Å². The molecule has 1 aliphatic heterocycles. The van der Waals surface area contributed by atoms with Crippen molar-refractivity contribution in [1.29, 1.82) is 0 Å². The molecular weight excluding hydrogens is 350 g/mol. The number of hydrogen-bond donors (Lipinski definition) is 2. The van der Waals surface area contributed by atoms with E-state index in [1.807, 2.05) is 13.8 Å². The zero-order valence-electron chi connectivity index (χ0n) is 15.6. The van der Waals surface area contributed by atoms with Crippen molar-refractivity contribution in [2.75, 3.05) is 6.54 Å². The lowest BCUT2D eigenvalue weighted by Crippen LogP contribution is -2.54. The van der Waals surface area contributed by atoms with Gasteiger partial charge in [0.05, 0.1) is 0 Å². The summed E-state index contributed by atoms with van der Waals surface area (Å²) in [7, 11) is 0. The molecule has 7 nitrogen and oxygen atoms in total. The van der Waals surface area contributed by atoms with Gasteiger partial charge in [-0.2, -0.15) is 0 Å². The first-order valence-corrected chi connectivity index (χ1v) is 8.56. The van der Waals surface area contributed by atoms with Crippen LogP contribution in [0.15, 0.2) is 0 Å². The molecule has 4 atom stereocenters. The number of rotatable bonds is 5. The van der Waals surface area contributed by atoms with E-state index >= 15 is 0 Å². The Morgan fingerprint density at radius 1 is 1.31 bits per heavy atom. The van der Waals surface area contributed by atoms with Gasteiger partial charge < -0.3 is 20.1 Å². The minimum atomic E-state index is -2.84. The molecule has 148 valence electrons. The molecule has 2 N–H and O–H groups in total. The van der Waals surface area contributed by atoms with E-state index in [9.17, 15) is 28.3 Å². The highest BCUT2D eigenvalue weighted by molar-refractivity contribution is 5.90. The van der Waals surface area contributed by atoms with Gasteiger partial charge in [-0.25, -0.2) is 18.4 Å². The standard InChI is InChI=1S/C17H26F2N2O5/c1-16(2,3)26-15(25)20-9(6-10(18)19)13(22)21-7-8-11(17(8,4)5)12(21)14(23)24/h8-12H,6-7H2,1-5H3,(H,20,25)(H,23,24)/t8-,9-,11-,12-/m0/s1. The number of aliphatic carboxylic acids is 1. The predicted molar refractivity (Wildman–Crippen MR) is 87.7 cm³/mol. The predicted octanol–water partition coefficient (Wildman–Crippen LogP) is 2.10. The molecule has 9 heteroatoms. The Labute approximate surface area is 151 Å². The fourth-order valence-corrected chi connectivity index (χ4v) is 3.85. The first-order valence-electron chi connectivity index (χ1n) is 8.56. The molecule has 1 saturated carbocycles. The van der Waals surface area contributed by atoms with Gasteiger partial charge in [-0.3, -0.25) is 4.79 Å². The van der Waals surface area contributed by atoms with Gasteiger partial charge in [-0.15, -0.1) is 0 Å². The molecule has 0 aromatic rings. The van der Waals surface area contributed by atoms with E-state index in [4.69, 9.17) is 4.74 Å². The van der Waals surface area contributed by atoms with Crippen LogP contribution in [0.5, 0.6) is 0 Å². The Morgan fingerprint density at radius 2 is 1.88 bits per heavy atom. The Morgan fingerprint density at radius 3 is 2.35 bits per heavy atom. The van der Waals surface area contributed by atoms with Crippen molar-refractivity contribution in [3.05, 3.63) is 0 Å². The zero-order valence-corrected chi connectivity index (χ0v) is 15.6. The topological polar surface area (TPSA) is 95.9 Å². The van der Waals surface area contributed by atoms with Crippen molar-refractivity contribution in [3.8, 4) is 0 Å². The first-order chi connectivity index (χ1) is 11.8. The van der Waals surface area contributed by atoms with E-state index in [0.717, 1.165) is 4.90 Å². The summed E-state index contributed by atoms with van der Waals surface area (Å²) in [6, 6.07) is -2.60. The van der Waals surface area contributed by atoms with Crippen LogP contribution in [-0.4, -0.2) is 58.6 Å². The SMILES string of the molecule is CC(C)(C)OC(=O)N[C@@H](CC(F)F)C(=O)N1C[C@H]2[C@@H]([C@H]1C(=O)O)C2(C)C. The molecular formula is C17H26F2N2O5. The average Bonchev–Trinajstić information content (AvgIpc) is 2.82. The van der Waals surface area contributed by atoms with Gasteiger partial charge in [0.1, 0.15) is 17.7 Å². The molecule has 0 unspecified atom stereocenters. The molecule has 2 amide bonds. The Kier molecular flexibility index (Phi) is 5.22. The van der Waals surface area contributed by atoms with Crippen molar-refractivity contribution in [2.45, 2.75) is 65.1 Å². The average molecular weight is 376 g/mol. The molecule has 1 aliphatic carbocycles. The number of likely N-dealkylation sites (tertiary alicyclic amines) is 1. The number of fused-ring (bicyclic) bond motifs is 1. The van der Waals surface area contributed by atoms with Crippen molar-refractivity contribution in [2.24, 2.45) is 17.3 Å². The van der Waals surface area contributed by atoms with Crippen molar-refractivity contribution in [3.63, 3.8) is 0 Å². The molecule has 0 spiro atoms. The fraction of sp³-hybridized carbons (Fsp3) is 0.824. The molecule has 26 heavy (non-hydrogen) atoms. The number of ether oxygens (including phenoxy) is 1. The summed E-state index contributed by atoms with van der Waals surface area (Å²) >= 11 is 0. The third-order valence-corrected chi connectivity index (χ3v) is 5.15. The maximum Gasteiger partial charge on any atom is 0.408 e. The highest BCUT2D eigenvalue weighted by atomic mass is 19.3. The molecule has 0 radical (unpaired) electrons. The van der Waals surface area contributed by atoms with Crippen LogP contribution in [-0.2, 0) is 14.3 Å². The smallest absolute Gasteiger partial charge is 0.408 e. The second kappa shape index (κ2) is 6.66. The highest BCUT2D eigenvalue weighted by Gasteiger charge is 2.69. The third-order valence-electron chi connectivity index (χ3n) is 5.15. The number of nitrogens with one attached hydrogen (secondary N) is 1. The summed E-state index contributed by atoms with van der Waals surface area (Å²) in [6.45, 7) is 8.85. The van der Waals surface area contributed by atoms with Gasteiger partial charge in [0.2, 0.25) is 12.3 Å². The minimum absolute atomic E-state index is 0.0151. The third kappa shape index (κ3) is 4.07. The van der Waals surface area contributed by atoms with E-state index in [1.165, 1.54) is 0 Å². The summed E-state index contributed by atoms with van der Waals surface area (Å²) in [5.41, 5.74) is -1.05. The van der Waals surface area contributed by atoms with E-state index in [1.54, 1.807) is 20.8 Å². The lowest BCUT2D eigenvalue weighted by Gasteiger charge is -2.32. The highest BCUT2D eigenvalue weighted by Crippen LogP contribution is 2.64. The molecule has 2 rings (SSSR count). The number of amides is 2. The van der Waals surface area contributed by atoms with E-state index < -0.39 is 48.5 Å². The van der Waals surface area contributed by atoms with E-state index in [0.29, 0.717) is 0 Å². The maximum absolute atomic E-state index is 12.9. The van der Waals surface area contributed by atoms with Crippen LogP contribution < -0.4 is 5.32 Å². The van der Waals surface area contributed by atoms with Gasteiger partial charge in [-0.05, 0) is 32.1 Å². The van der Waals surface area contributed by atoms with E-state index in [-0.39, 0.29) is 23.8 Å². The Balaban J connectivity index is 2.14. The second-order valence-electron chi connectivity index (χ2n) is 8.55. The summed E-state index contributed by atoms with van der Waals surface area (Å²) in [6.07, 6.45) is -4.73. The quantitative estimate of drug-likeness (QED) is 0.766. The summed E-state index contributed by atoms with van der Waals surface area (Å²) in [5.74, 6) is -2.17. The van der Waals surface area contributed by atoms with Gasteiger partial charge in [0, 0.05) is 18.9 Å². The number of piperidine rings is 1. The number of carboxylic acid groups (broad SMARTS) is 1. The zero-order chi connectivity index (χ0) is 20.0. The normalized spacial score (nSPS) is 27.7. The van der Waals surface area contributed by atoms with Crippen LogP contribution in [0.2, 0.25) is 0 Å². The van der Waals surface area contributed by atoms with Crippen molar-refractivity contribution in [1.82, 2.24) is 10.2 Å². The van der Waals surface area contributed by atoms with Crippen LogP contribution in [0, 0.1) is 17.3 Å². The van der Waals surface area contributed by atoms with E-state index in [2.05, 4.69) is 5.32 Å². The maximum atomic E-state index is 12.9. The van der Waals surface area contributed by atoms with Crippen LogP contribution in [0.3, 0.4) is 0 Å². The number of hydrogen-bond acceptors (Lipinski definition) is 4. The van der Waals surface area contributed by atoms with Crippen LogP contribution in [0.1, 0.15) is 41.0 Å².